The molecule has 1 aromatic heterocycles. The summed E-state index contributed by atoms with van der Waals surface area (Å²) in [6.45, 7) is 7.09. The molecule has 3 rings (SSSR count). The van der Waals surface area contributed by atoms with Gasteiger partial charge in [-0.15, -0.1) is 0 Å². The van der Waals surface area contributed by atoms with Crippen molar-refractivity contribution in [3.63, 3.8) is 0 Å². The number of aryl methyl sites for hydroxylation is 1. The lowest BCUT2D eigenvalue weighted by atomic mass is 10.2. The van der Waals surface area contributed by atoms with Gasteiger partial charge < -0.3 is 15.4 Å². The van der Waals surface area contributed by atoms with Gasteiger partial charge in [-0.3, -0.25) is 4.79 Å². The topological polar surface area (TPSA) is 85.3 Å². The predicted octanol–water partition coefficient (Wildman–Crippen LogP) is 5.48. The number of alkyl carbamates (subject to hydrolysis) is 1. The predicted molar refractivity (Wildman–Crippen MR) is 121 cm³/mol. The molecule has 180 valence electrons. The molecule has 1 heterocycles. The van der Waals surface area contributed by atoms with Crippen molar-refractivity contribution in [2.24, 2.45) is 0 Å². The van der Waals surface area contributed by atoms with Crippen molar-refractivity contribution in [1.29, 1.82) is 0 Å². The zero-order valence-corrected chi connectivity index (χ0v) is 19.2. The fraction of sp³-hybridized carbons (Fsp3) is 0.292. The number of benzene rings is 2. The number of carbonyl (C=O) groups is 2. The van der Waals surface area contributed by atoms with Crippen LogP contribution in [0.5, 0.6) is 0 Å². The molecule has 0 unspecified atom stereocenters. The van der Waals surface area contributed by atoms with Crippen LogP contribution in [0.15, 0.2) is 54.6 Å². The van der Waals surface area contributed by atoms with Crippen molar-refractivity contribution in [2.75, 3.05) is 5.32 Å². The van der Waals surface area contributed by atoms with E-state index in [2.05, 4.69) is 15.7 Å². The maximum Gasteiger partial charge on any atom is 0.435 e. The van der Waals surface area contributed by atoms with Gasteiger partial charge in [0, 0.05) is 18.3 Å². The molecular formula is C24H25F3N4O3. The summed E-state index contributed by atoms with van der Waals surface area (Å²) in [7, 11) is 0. The monoisotopic (exact) mass is 474 g/mol. The molecule has 0 radical (unpaired) electrons. The largest absolute Gasteiger partial charge is 0.444 e. The van der Waals surface area contributed by atoms with Crippen molar-refractivity contribution in [1.82, 2.24) is 15.1 Å². The van der Waals surface area contributed by atoms with Gasteiger partial charge in [-0.2, -0.15) is 18.3 Å². The molecular weight excluding hydrogens is 449 g/mol. The lowest BCUT2D eigenvalue weighted by Crippen LogP contribution is -2.32. The minimum absolute atomic E-state index is 0.0704. The summed E-state index contributed by atoms with van der Waals surface area (Å²) < 4.78 is 46.3. The van der Waals surface area contributed by atoms with Crippen LogP contribution < -0.4 is 10.6 Å². The van der Waals surface area contributed by atoms with E-state index in [-0.39, 0.29) is 17.9 Å². The van der Waals surface area contributed by atoms with Crippen LogP contribution in [0.4, 0.5) is 23.7 Å². The molecule has 0 aliphatic heterocycles. The number of rotatable bonds is 5. The molecule has 0 saturated carbocycles. The number of alkyl halides is 3. The van der Waals surface area contributed by atoms with Gasteiger partial charge in [-0.05, 0) is 63.1 Å². The summed E-state index contributed by atoms with van der Waals surface area (Å²) in [6, 6.07) is 13.9. The highest BCUT2D eigenvalue weighted by Crippen LogP contribution is 2.30. The van der Waals surface area contributed by atoms with E-state index in [1.807, 2.05) is 13.0 Å². The van der Waals surface area contributed by atoms with Gasteiger partial charge in [-0.25, -0.2) is 9.48 Å². The maximum atomic E-state index is 13.4. The number of carbonyl (C=O) groups excluding carboxylic acids is 2. The van der Waals surface area contributed by atoms with Crippen LogP contribution in [0.1, 0.15) is 48.1 Å². The van der Waals surface area contributed by atoms with E-state index >= 15 is 0 Å². The Kier molecular flexibility index (Phi) is 6.99. The molecule has 0 spiro atoms. The Morgan fingerprint density at radius 1 is 1.03 bits per heavy atom. The smallest absolute Gasteiger partial charge is 0.435 e. The summed E-state index contributed by atoms with van der Waals surface area (Å²) in [5.41, 5.74) is -0.0145. The van der Waals surface area contributed by atoms with E-state index in [0.717, 1.165) is 10.2 Å². The second-order valence-corrected chi connectivity index (χ2v) is 8.67. The first-order valence-corrected chi connectivity index (χ1v) is 10.4. The Balaban J connectivity index is 1.89. The summed E-state index contributed by atoms with van der Waals surface area (Å²) in [6.07, 6.45) is -5.37. The van der Waals surface area contributed by atoms with Crippen LogP contribution in [0, 0.1) is 6.92 Å². The van der Waals surface area contributed by atoms with Crippen molar-refractivity contribution >= 4 is 17.7 Å². The minimum Gasteiger partial charge on any atom is -0.444 e. The number of nitrogens with zero attached hydrogens (tertiary/aromatic N) is 2. The second-order valence-electron chi connectivity index (χ2n) is 8.67. The third-order valence-corrected chi connectivity index (χ3v) is 4.50. The molecule has 0 fully saturated rings. The second kappa shape index (κ2) is 9.58. The van der Waals surface area contributed by atoms with E-state index in [0.29, 0.717) is 17.3 Å². The van der Waals surface area contributed by atoms with Gasteiger partial charge in [-0.1, -0.05) is 24.3 Å². The average Bonchev–Trinajstić information content (AvgIpc) is 3.18. The summed E-state index contributed by atoms with van der Waals surface area (Å²) in [5.74, 6) is -0.745. The average molecular weight is 474 g/mol. The number of ether oxygens (including phenoxy) is 1. The van der Waals surface area contributed by atoms with E-state index in [1.165, 1.54) is 12.1 Å². The van der Waals surface area contributed by atoms with Gasteiger partial charge in [0.25, 0.3) is 5.91 Å². The highest BCUT2D eigenvalue weighted by molar-refractivity contribution is 6.03. The van der Waals surface area contributed by atoms with Gasteiger partial charge in [0.1, 0.15) is 11.3 Å². The van der Waals surface area contributed by atoms with Crippen molar-refractivity contribution in [3.05, 3.63) is 77.1 Å². The highest BCUT2D eigenvalue weighted by Gasteiger charge is 2.36. The van der Waals surface area contributed by atoms with E-state index < -0.39 is 29.5 Å². The van der Waals surface area contributed by atoms with E-state index in [9.17, 15) is 22.8 Å². The number of hydrogen-bond donors (Lipinski definition) is 2. The Bertz CT molecular complexity index is 1200. The first kappa shape index (κ1) is 24.8. The van der Waals surface area contributed by atoms with Crippen molar-refractivity contribution in [2.45, 2.75) is 46.0 Å². The number of anilines is 1. The Morgan fingerprint density at radius 2 is 1.74 bits per heavy atom. The zero-order chi connectivity index (χ0) is 25.1. The molecule has 2 N–H and O–H groups in total. The number of amides is 2. The molecule has 10 heteroatoms. The quantitative estimate of drug-likeness (QED) is 0.513. The molecule has 0 aliphatic carbocycles. The molecule has 7 nitrogen and oxygen atoms in total. The van der Waals surface area contributed by atoms with Crippen LogP contribution in [-0.4, -0.2) is 27.4 Å². The highest BCUT2D eigenvalue weighted by atomic mass is 19.4. The van der Waals surface area contributed by atoms with Crippen LogP contribution in [0.2, 0.25) is 0 Å². The molecule has 0 bridgehead atoms. The van der Waals surface area contributed by atoms with Crippen LogP contribution in [0.25, 0.3) is 5.69 Å². The van der Waals surface area contributed by atoms with Gasteiger partial charge in [0.2, 0.25) is 0 Å². The Morgan fingerprint density at radius 3 is 2.38 bits per heavy atom. The van der Waals surface area contributed by atoms with E-state index in [1.54, 1.807) is 51.1 Å². The normalized spacial score (nSPS) is 11.7. The molecule has 3 aromatic rings. The summed E-state index contributed by atoms with van der Waals surface area (Å²) in [5, 5.41) is 8.83. The molecule has 34 heavy (non-hydrogen) atoms. The molecule has 0 saturated heterocycles. The fourth-order valence-corrected chi connectivity index (χ4v) is 3.08. The van der Waals surface area contributed by atoms with Crippen LogP contribution >= 0.6 is 0 Å². The first-order valence-electron chi connectivity index (χ1n) is 10.4. The molecule has 2 aromatic carbocycles. The third-order valence-electron chi connectivity index (χ3n) is 4.50. The number of aromatic nitrogens is 2. The standard InChI is InChI=1S/C24H25F3N4O3/c1-15-7-5-9-17(11-15)29-21(32)19-13-20(24(25,26)27)30-31(19)18-10-6-8-16(12-18)14-28-22(33)34-23(2,3)4/h5-13H,14H2,1-4H3,(H,28,33)(H,29,32). The number of nitrogens with one attached hydrogen (secondary N) is 2. The summed E-state index contributed by atoms with van der Waals surface area (Å²) in [4.78, 5) is 24.8. The van der Waals surface area contributed by atoms with Gasteiger partial charge in [0.05, 0.1) is 5.69 Å². The lowest BCUT2D eigenvalue weighted by Gasteiger charge is -2.19. The zero-order valence-electron chi connectivity index (χ0n) is 19.2. The lowest BCUT2D eigenvalue weighted by molar-refractivity contribution is -0.141. The van der Waals surface area contributed by atoms with Gasteiger partial charge >= 0.3 is 12.3 Å². The Hall–Kier alpha value is -3.82. The fourth-order valence-electron chi connectivity index (χ4n) is 3.08. The molecule has 0 aliphatic rings. The van der Waals surface area contributed by atoms with Crippen LogP contribution in [0.3, 0.4) is 0 Å². The summed E-state index contributed by atoms with van der Waals surface area (Å²) >= 11 is 0. The minimum atomic E-state index is -4.74. The third kappa shape index (κ3) is 6.60. The number of hydrogen-bond acceptors (Lipinski definition) is 4. The Labute approximate surface area is 194 Å². The van der Waals surface area contributed by atoms with Crippen LogP contribution in [-0.2, 0) is 17.5 Å². The van der Waals surface area contributed by atoms with Gasteiger partial charge in [0.15, 0.2) is 5.69 Å². The maximum absolute atomic E-state index is 13.4. The first-order chi connectivity index (χ1) is 15.8. The SMILES string of the molecule is Cc1cccc(NC(=O)c2cc(C(F)(F)F)nn2-c2cccc(CNC(=O)OC(C)(C)C)c2)c1. The number of halogens is 3. The van der Waals surface area contributed by atoms with Crippen molar-refractivity contribution in [3.8, 4) is 5.69 Å². The van der Waals surface area contributed by atoms with E-state index in [4.69, 9.17) is 4.74 Å². The van der Waals surface area contributed by atoms with Crippen molar-refractivity contribution < 1.29 is 27.5 Å². The molecule has 2 amide bonds. The molecule has 0 atom stereocenters.